The van der Waals surface area contributed by atoms with Crippen LogP contribution in [0.2, 0.25) is 0 Å². The summed E-state index contributed by atoms with van der Waals surface area (Å²) in [5.41, 5.74) is 5.58. The first kappa shape index (κ1) is 14.2. The number of hydrogen-bond acceptors (Lipinski definition) is 2. The molecule has 3 N–H and O–H groups in total. The predicted molar refractivity (Wildman–Crippen MR) is 73.6 cm³/mol. The van der Waals surface area contributed by atoms with E-state index >= 15 is 0 Å². The van der Waals surface area contributed by atoms with Gasteiger partial charge in [0.1, 0.15) is 5.54 Å². The molecule has 0 aliphatic heterocycles. The zero-order valence-electron chi connectivity index (χ0n) is 10.5. The van der Waals surface area contributed by atoms with E-state index < -0.39 is 5.54 Å². The lowest BCUT2D eigenvalue weighted by Crippen LogP contribution is -2.53. The first-order valence-electron chi connectivity index (χ1n) is 5.73. The Bertz CT molecular complexity index is 408. The molecule has 0 aliphatic rings. The minimum absolute atomic E-state index is 0.228. The van der Waals surface area contributed by atoms with Crippen LogP contribution in [0.3, 0.4) is 0 Å². The SMILES string of the molecule is CCC(C)NC(C)(C(N)=O)c1cccc(Br)c1. The number of amides is 1. The molecule has 1 rings (SSSR count). The summed E-state index contributed by atoms with van der Waals surface area (Å²) >= 11 is 3.41. The Labute approximate surface area is 111 Å². The maximum absolute atomic E-state index is 11.7. The second kappa shape index (κ2) is 5.65. The van der Waals surface area contributed by atoms with E-state index in [1.165, 1.54) is 0 Å². The molecule has 0 heterocycles. The van der Waals surface area contributed by atoms with Crippen LogP contribution in [0.15, 0.2) is 28.7 Å². The lowest BCUT2D eigenvalue weighted by molar-refractivity contribution is -0.124. The lowest BCUT2D eigenvalue weighted by atomic mass is 9.90. The summed E-state index contributed by atoms with van der Waals surface area (Å²) in [5, 5.41) is 3.29. The second-order valence-electron chi connectivity index (χ2n) is 4.45. The monoisotopic (exact) mass is 298 g/mol. The van der Waals surface area contributed by atoms with Crippen molar-refractivity contribution in [3.8, 4) is 0 Å². The highest BCUT2D eigenvalue weighted by atomic mass is 79.9. The fourth-order valence-corrected chi connectivity index (χ4v) is 2.09. The maximum atomic E-state index is 11.7. The average Bonchev–Trinajstić information content (AvgIpc) is 2.28. The van der Waals surface area contributed by atoms with Crippen LogP contribution in [0, 0.1) is 0 Å². The van der Waals surface area contributed by atoms with E-state index in [-0.39, 0.29) is 11.9 Å². The number of rotatable bonds is 5. The number of carbonyl (C=O) groups is 1. The van der Waals surface area contributed by atoms with Crippen LogP contribution >= 0.6 is 15.9 Å². The molecule has 0 spiro atoms. The third-order valence-electron chi connectivity index (χ3n) is 3.04. The molecule has 2 atom stereocenters. The molecule has 0 saturated heterocycles. The minimum Gasteiger partial charge on any atom is -0.368 e. The third-order valence-corrected chi connectivity index (χ3v) is 3.54. The number of nitrogens with one attached hydrogen (secondary N) is 1. The van der Waals surface area contributed by atoms with Crippen molar-refractivity contribution in [3.05, 3.63) is 34.3 Å². The molecule has 0 bridgehead atoms. The summed E-state index contributed by atoms with van der Waals surface area (Å²) in [6.07, 6.45) is 0.941. The molecule has 94 valence electrons. The van der Waals surface area contributed by atoms with Crippen LogP contribution in [-0.4, -0.2) is 11.9 Å². The third kappa shape index (κ3) is 3.30. The largest absolute Gasteiger partial charge is 0.368 e. The van der Waals surface area contributed by atoms with Gasteiger partial charge in [-0.1, -0.05) is 35.0 Å². The van der Waals surface area contributed by atoms with E-state index in [0.29, 0.717) is 0 Å². The van der Waals surface area contributed by atoms with Crippen molar-refractivity contribution in [1.82, 2.24) is 5.32 Å². The highest BCUT2D eigenvalue weighted by Crippen LogP contribution is 2.24. The Balaban J connectivity index is 3.11. The standard InChI is InChI=1S/C13H19BrN2O/c1-4-9(2)16-13(3,12(15)17)10-6-5-7-11(14)8-10/h5-9,16H,4H2,1-3H3,(H2,15,17). The zero-order chi connectivity index (χ0) is 13.1. The molecular formula is C13H19BrN2O. The van der Waals surface area contributed by atoms with Gasteiger partial charge in [0.15, 0.2) is 0 Å². The molecule has 4 heteroatoms. The quantitative estimate of drug-likeness (QED) is 0.878. The smallest absolute Gasteiger partial charge is 0.242 e. The molecule has 0 fully saturated rings. The van der Waals surface area contributed by atoms with Gasteiger partial charge < -0.3 is 5.73 Å². The van der Waals surface area contributed by atoms with Crippen molar-refractivity contribution >= 4 is 21.8 Å². The highest BCUT2D eigenvalue weighted by Gasteiger charge is 2.34. The Morgan fingerprint density at radius 3 is 2.71 bits per heavy atom. The summed E-state index contributed by atoms with van der Waals surface area (Å²) in [4.78, 5) is 11.7. The van der Waals surface area contributed by atoms with Crippen molar-refractivity contribution in [1.29, 1.82) is 0 Å². The number of nitrogens with two attached hydrogens (primary N) is 1. The van der Waals surface area contributed by atoms with Gasteiger partial charge in [0.05, 0.1) is 0 Å². The Hall–Kier alpha value is -0.870. The summed E-state index contributed by atoms with van der Waals surface area (Å²) in [7, 11) is 0. The number of carbonyl (C=O) groups excluding carboxylic acids is 1. The molecule has 1 amide bonds. The van der Waals surface area contributed by atoms with Gasteiger partial charge in [0, 0.05) is 10.5 Å². The molecule has 1 aromatic rings. The maximum Gasteiger partial charge on any atom is 0.242 e. The van der Waals surface area contributed by atoms with Gasteiger partial charge in [-0.25, -0.2) is 0 Å². The van der Waals surface area contributed by atoms with Crippen molar-refractivity contribution in [2.75, 3.05) is 0 Å². The average molecular weight is 299 g/mol. The normalized spacial score (nSPS) is 16.2. The molecule has 0 aliphatic carbocycles. The van der Waals surface area contributed by atoms with E-state index in [2.05, 4.69) is 28.2 Å². The fraction of sp³-hybridized carbons (Fsp3) is 0.462. The molecule has 0 aromatic heterocycles. The Kier molecular flexibility index (Phi) is 4.71. The van der Waals surface area contributed by atoms with Crippen LogP contribution in [0.5, 0.6) is 0 Å². The first-order valence-corrected chi connectivity index (χ1v) is 6.53. The molecule has 0 radical (unpaired) electrons. The van der Waals surface area contributed by atoms with Crippen LogP contribution in [-0.2, 0) is 10.3 Å². The lowest BCUT2D eigenvalue weighted by Gasteiger charge is -2.31. The molecule has 1 aromatic carbocycles. The van der Waals surface area contributed by atoms with Crippen LogP contribution in [0.1, 0.15) is 32.8 Å². The van der Waals surface area contributed by atoms with Gasteiger partial charge >= 0.3 is 0 Å². The molecule has 3 nitrogen and oxygen atoms in total. The summed E-state index contributed by atoms with van der Waals surface area (Å²) < 4.78 is 0.938. The number of halogens is 1. The summed E-state index contributed by atoms with van der Waals surface area (Å²) in [6, 6.07) is 7.88. The van der Waals surface area contributed by atoms with Gasteiger partial charge in [-0.2, -0.15) is 0 Å². The Morgan fingerprint density at radius 1 is 1.59 bits per heavy atom. The van der Waals surface area contributed by atoms with E-state index in [9.17, 15) is 4.79 Å². The van der Waals surface area contributed by atoms with E-state index in [1.54, 1.807) is 0 Å². The van der Waals surface area contributed by atoms with E-state index in [4.69, 9.17) is 5.73 Å². The van der Waals surface area contributed by atoms with Crippen molar-refractivity contribution < 1.29 is 4.79 Å². The summed E-state index contributed by atoms with van der Waals surface area (Å²) in [6.45, 7) is 5.93. The van der Waals surface area contributed by atoms with E-state index in [0.717, 1.165) is 16.5 Å². The number of benzene rings is 1. The van der Waals surface area contributed by atoms with Crippen LogP contribution in [0.4, 0.5) is 0 Å². The molecule has 2 unspecified atom stereocenters. The molecule has 0 saturated carbocycles. The second-order valence-corrected chi connectivity index (χ2v) is 5.37. The Morgan fingerprint density at radius 2 is 2.24 bits per heavy atom. The van der Waals surface area contributed by atoms with Gasteiger partial charge in [-0.05, 0) is 38.0 Å². The van der Waals surface area contributed by atoms with Crippen LogP contribution in [0.25, 0.3) is 0 Å². The van der Waals surface area contributed by atoms with Gasteiger partial charge in [0.25, 0.3) is 0 Å². The number of hydrogen-bond donors (Lipinski definition) is 2. The topological polar surface area (TPSA) is 55.1 Å². The van der Waals surface area contributed by atoms with Gasteiger partial charge in [-0.15, -0.1) is 0 Å². The van der Waals surface area contributed by atoms with Crippen molar-refractivity contribution in [2.24, 2.45) is 5.73 Å². The highest BCUT2D eigenvalue weighted by molar-refractivity contribution is 9.10. The van der Waals surface area contributed by atoms with Gasteiger partial charge in [0.2, 0.25) is 5.91 Å². The fourth-order valence-electron chi connectivity index (χ4n) is 1.69. The minimum atomic E-state index is -0.834. The molecule has 17 heavy (non-hydrogen) atoms. The predicted octanol–water partition coefficient (Wildman–Crippen LogP) is 2.54. The molecular weight excluding hydrogens is 280 g/mol. The van der Waals surface area contributed by atoms with Crippen molar-refractivity contribution in [3.63, 3.8) is 0 Å². The van der Waals surface area contributed by atoms with Crippen molar-refractivity contribution in [2.45, 2.75) is 38.8 Å². The van der Waals surface area contributed by atoms with Gasteiger partial charge in [-0.3, -0.25) is 10.1 Å². The van der Waals surface area contributed by atoms with Crippen LogP contribution < -0.4 is 11.1 Å². The summed E-state index contributed by atoms with van der Waals surface area (Å²) in [5.74, 6) is -0.365. The van der Waals surface area contributed by atoms with E-state index in [1.807, 2.05) is 38.1 Å². The number of primary amides is 1. The first-order chi connectivity index (χ1) is 7.90. The zero-order valence-corrected chi connectivity index (χ0v) is 12.0.